The van der Waals surface area contributed by atoms with E-state index in [1.165, 1.54) is 11.1 Å². The van der Waals surface area contributed by atoms with Gasteiger partial charge in [0.2, 0.25) is 0 Å². The fourth-order valence-electron chi connectivity index (χ4n) is 1.86. The molecule has 90 valence electrons. The first-order valence-electron chi connectivity index (χ1n) is 6.01. The summed E-state index contributed by atoms with van der Waals surface area (Å²) in [6.45, 7) is 8.71. The third-order valence-corrected chi connectivity index (χ3v) is 2.86. The monoisotopic (exact) mass is 221 g/mol. The highest BCUT2D eigenvalue weighted by Gasteiger charge is 2.06. The summed E-state index contributed by atoms with van der Waals surface area (Å²) in [4.78, 5) is 0. The van der Waals surface area contributed by atoms with Crippen LogP contribution in [0.2, 0.25) is 0 Å². The van der Waals surface area contributed by atoms with Gasteiger partial charge in [-0.2, -0.15) is 0 Å². The van der Waals surface area contributed by atoms with E-state index in [2.05, 4.69) is 38.2 Å². The van der Waals surface area contributed by atoms with Gasteiger partial charge in [-0.1, -0.05) is 19.9 Å². The van der Waals surface area contributed by atoms with Crippen LogP contribution in [0.15, 0.2) is 18.2 Å². The average Bonchev–Trinajstić information content (AvgIpc) is 2.29. The van der Waals surface area contributed by atoms with Crippen LogP contribution in [0.25, 0.3) is 0 Å². The minimum Gasteiger partial charge on any atom is -0.497 e. The van der Waals surface area contributed by atoms with Crippen LogP contribution in [0.3, 0.4) is 0 Å². The van der Waals surface area contributed by atoms with Crippen LogP contribution in [-0.2, 0) is 6.42 Å². The molecule has 1 aromatic rings. The molecule has 0 aliphatic carbocycles. The van der Waals surface area contributed by atoms with Crippen LogP contribution >= 0.6 is 0 Å². The van der Waals surface area contributed by atoms with E-state index in [-0.39, 0.29) is 0 Å². The Labute approximate surface area is 99.0 Å². The van der Waals surface area contributed by atoms with E-state index < -0.39 is 0 Å². The molecule has 0 fully saturated rings. The van der Waals surface area contributed by atoms with Gasteiger partial charge in [0, 0.05) is 0 Å². The number of aryl methyl sites for hydroxylation is 1. The molecule has 16 heavy (non-hydrogen) atoms. The fraction of sp³-hybridized carbons (Fsp3) is 0.571. The molecule has 0 bridgehead atoms. The Morgan fingerprint density at radius 2 is 2.12 bits per heavy atom. The molecule has 1 rings (SSSR count). The molecule has 1 N–H and O–H groups in total. The average molecular weight is 221 g/mol. The van der Waals surface area contributed by atoms with Crippen LogP contribution in [0, 0.1) is 12.8 Å². The number of benzene rings is 1. The molecule has 0 amide bonds. The molecule has 0 heterocycles. The molecule has 0 radical (unpaired) electrons. The van der Waals surface area contributed by atoms with Gasteiger partial charge in [-0.3, -0.25) is 0 Å². The maximum absolute atomic E-state index is 5.21. The van der Waals surface area contributed by atoms with Crippen LogP contribution in [-0.4, -0.2) is 20.2 Å². The van der Waals surface area contributed by atoms with Crippen molar-refractivity contribution in [1.29, 1.82) is 0 Å². The molecule has 1 aromatic carbocycles. The summed E-state index contributed by atoms with van der Waals surface area (Å²) in [5.41, 5.74) is 2.74. The Kier molecular flexibility index (Phi) is 5.33. The molecule has 0 saturated heterocycles. The van der Waals surface area contributed by atoms with Crippen molar-refractivity contribution >= 4 is 0 Å². The Balaban J connectivity index is 2.59. The Hall–Kier alpha value is -1.02. The third-order valence-electron chi connectivity index (χ3n) is 2.86. The van der Waals surface area contributed by atoms with E-state index >= 15 is 0 Å². The van der Waals surface area contributed by atoms with Gasteiger partial charge in [-0.25, -0.2) is 0 Å². The van der Waals surface area contributed by atoms with E-state index in [1.807, 2.05) is 6.07 Å². The van der Waals surface area contributed by atoms with Crippen molar-refractivity contribution in [3.63, 3.8) is 0 Å². The minimum atomic E-state index is 0.673. The van der Waals surface area contributed by atoms with E-state index in [0.717, 1.165) is 25.3 Å². The van der Waals surface area contributed by atoms with Crippen LogP contribution in [0.1, 0.15) is 25.0 Å². The van der Waals surface area contributed by atoms with Crippen LogP contribution in [0.5, 0.6) is 5.75 Å². The van der Waals surface area contributed by atoms with E-state index in [0.29, 0.717) is 5.92 Å². The van der Waals surface area contributed by atoms with E-state index in [4.69, 9.17) is 4.74 Å². The molecule has 0 saturated carbocycles. The van der Waals surface area contributed by atoms with Crippen molar-refractivity contribution in [3.8, 4) is 5.75 Å². The number of methoxy groups -OCH3 is 1. The second-order valence-electron chi connectivity index (χ2n) is 4.41. The van der Waals surface area contributed by atoms with Gasteiger partial charge < -0.3 is 10.1 Å². The SMILES string of the molecule is CCNCC(C)Cc1ccc(OC)cc1C. The zero-order valence-electron chi connectivity index (χ0n) is 10.8. The topological polar surface area (TPSA) is 21.3 Å². The highest BCUT2D eigenvalue weighted by molar-refractivity contribution is 5.34. The highest BCUT2D eigenvalue weighted by atomic mass is 16.5. The highest BCUT2D eigenvalue weighted by Crippen LogP contribution is 2.19. The van der Waals surface area contributed by atoms with Gasteiger partial charge in [0.05, 0.1) is 7.11 Å². The summed E-state index contributed by atoms with van der Waals surface area (Å²) in [5.74, 6) is 1.62. The maximum atomic E-state index is 5.21. The second-order valence-corrected chi connectivity index (χ2v) is 4.41. The molecular weight excluding hydrogens is 198 g/mol. The summed E-state index contributed by atoms with van der Waals surface area (Å²) in [7, 11) is 1.71. The predicted molar refractivity (Wildman–Crippen MR) is 69.1 cm³/mol. The summed E-state index contributed by atoms with van der Waals surface area (Å²) < 4.78 is 5.21. The summed E-state index contributed by atoms with van der Waals surface area (Å²) in [6, 6.07) is 6.33. The lowest BCUT2D eigenvalue weighted by Gasteiger charge is -2.14. The molecule has 0 aliphatic rings. The zero-order chi connectivity index (χ0) is 12.0. The first kappa shape index (κ1) is 13.0. The Morgan fingerprint density at radius 1 is 1.38 bits per heavy atom. The fourth-order valence-corrected chi connectivity index (χ4v) is 1.86. The molecule has 2 nitrogen and oxygen atoms in total. The second kappa shape index (κ2) is 6.54. The molecule has 0 aliphatic heterocycles. The van der Waals surface area contributed by atoms with Crippen molar-refractivity contribution in [1.82, 2.24) is 5.32 Å². The van der Waals surface area contributed by atoms with Gasteiger partial charge in [0.1, 0.15) is 5.75 Å². The number of rotatable bonds is 6. The first-order chi connectivity index (χ1) is 7.67. The lowest BCUT2D eigenvalue weighted by Crippen LogP contribution is -2.22. The normalized spacial score (nSPS) is 12.5. The van der Waals surface area contributed by atoms with Gasteiger partial charge in [-0.15, -0.1) is 0 Å². The number of ether oxygens (including phenoxy) is 1. The van der Waals surface area contributed by atoms with Crippen molar-refractivity contribution in [2.75, 3.05) is 20.2 Å². The van der Waals surface area contributed by atoms with Crippen LogP contribution < -0.4 is 10.1 Å². The lowest BCUT2D eigenvalue weighted by molar-refractivity contribution is 0.414. The largest absolute Gasteiger partial charge is 0.497 e. The number of hydrogen-bond acceptors (Lipinski definition) is 2. The zero-order valence-corrected chi connectivity index (χ0v) is 10.8. The van der Waals surface area contributed by atoms with E-state index in [1.54, 1.807) is 7.11 Å². The summed E-state index contributed by atoms with van der Waals surface area (Å²) in [5, 5.41) is 3.39. The van der Waals surface area contributed by atoms with Gasteiger partial charge in [-0.05, 0) is 55.6 Å². The lowest BCUT2D eigenvalue weighted by atomic mass is 9.97. The standard InChI is InChI=1S/C14H23NO/c1-5-15-10-11(2)8-13-6-7-14(16-4)9-12(13)3/h6-7,9,11,15H,5,8,10H2,1-4H3. The van der Waals surface area contributed by atoms with Crippen molar-refractivity contribution in [3.05, 3.63) is 29.3 Å². The predicted octanol–water partition coefficient (Wildman–Crippen LogP) is 2.79. The molecule has 1 atom stereocenters. The molecule has 0 spiro atoms. The van der Waals surface area contributed by atoms with Crippen molar-refractivity contribution in [2.45, 2.75) is 27.2 Å². The molecule has 2 heteroatoms. The molecule has 1 unspecified atom stereocenters. The Morgan fingerprint density at radius 3 is 2.69 bits per heavy atom. The maximum Gasteiger partial charge on any atom is 0.119 e. The summed E-state index contributed by atoms with van der Waals surface area (Å²) in [6.07, 6.45) is 1.13. The van der Waals surface area contributed by atoms with Gasteiger partial charge >= 0.3 is 0 Å². The van der Waals surface area contributed by atoms with Crippen molar-refractivity contribution in [2.24, 2.45) is 5.92 Å². The molecule has 0 aromatic heterocycles. The smallest absolute Gasteiger partial charge is 0.119 e. The molecular formula is C14H23NO. The minimum absolute atomic E-state index is 0.673. The Bertz CT molecular complexity index is 323. The first-order valence-corrected chi connectivity index (χ1v) is 6.01. The number of hydrogen-bond donors (Lipinski definition) is 1. The van der Waals surface area contributed by atoms with E-state index in [9.17, 15) is 0 Å². The summed E-state index contributed by atoms with van der Waals surface area (Å²) >= 11 is 0. The number of nitrogens with one attached hydrogen (secondary N) is 1. The van der Waals surface area contributed by atoms with Gasteiger partial charge in [0.25, 0.3) is 0 Å². The van der Waals surface area contributed by atoms with Crippen molar-refractivity contribution < 1.29 is 4.74 Å². The van der Waals surface area contributed by atoms with Crippen LogP contribution in [0.4, 0.5) is 0 Å². The third kappa shape index (κ3) is 3.86. The quantitative estimate of drug-likeness (QED) is 0.797. The van der Waals surface area contributed by atoms with Gasteiger partial charge in [0.15, 0.2) is 0 Å².